The molecule has 0 spiro atoms. The maximum atomic E-state index is 10.3. The molecule has 1 rings (SSSR count). The molecule has 0 fully saturated rings. The maximum absolute atomic E-state index is 10.3. The third kappa shape index (κ3) is 2.98. The molecule has 0 aliphatic heterocycles. The molecule has 0 saturated heterocycles. The van der Waals surface area contributed by atoms with Gasteiger partial charge in [-0.15, -0.1) is 0 Å². The zero-order chi connectivity index (χ0) is 10.6. The van der Waals surface area contributed by atoms with Crippen molar-refractivity contribution >= 4 is 5.97 Å². The number of hydrogen-bond acceptors (Lipinski definition) is 5. The van der Waals surface area contributed by atoms with Gasteiger partial charge >= 0.3 is 5.97 Å². The Morgan fingerprint density at radius 3 is 3.00 bits per heavy atom. The van der Waals surface area contributed by atoms with E-state index in [2.05, 4.69) is 9.97 Å². The van der Waals surface area contributed by atoms with Crippen LogP contribution in [0.15, 0.2) is 12.4 Å². The predicted molar refractivity (Wildman–Crippen MR) is 47.9 cm³/mol. The van der Waals surface area contributed by atoms with Crippen LogP contribution in [0.1, 0.15) is 5.69 Å². The first-order chi connectivity index (χ1) is 6.59. The topological polar surface area (TPSA) is 98.3 Å². The molecule has 14 heavy (non-hydrogen) atoms. The number of carbonyl (C=O) groups is 1. The van der Waals surface area contributed by atoms with Crippen molar-refractivity contribution in [2.75, 3.05) is 6.61 Å². The highest BCUT2D eigenvalue weighted by atomic mass is 16.5. The SMILES string of the molecule is Cc1cc(OCC(N)C(=O)O)ncn1. The number of carboxylic acids is 1. The Morgan fingerprint density at radius 2 is 2.43 bits per heavy atom. The number of aryl methyl sites for hydroxylation is 1. The highest BCUT2D eigenvalue weighted by Gasteiger charge is 2.12. The number of rotatable bonds is 4. The molecule has 0 radical (unpaired) electrons. The normalized spacial score (nSPS) is 12.1. The Hall–Kier alpha value is -1.69. The summed E-state index contributed by atoms with van der Waals surface area (Å²) in [4.78, 5) is 18.0. The molecule has 1 unspecified atom stereocenters. The molecule has 1 aromatic rings. The molecule has 3 N–H and O–H groups in total. The van der Waals surface area contributed by atoms with E-state index >= 15 is 0 Å². The highest BCUT2D eigenvalue weighted by molar-refractivity contribution is 5.73. The van der Waals surface area contributed by atoms with Crippen LogP contribution in [0.4, 0.5) is 0 Å². The zero-order valence-electron chi connectivity index (χ0n) is 7.67. The van der Waals surface area contributed by atoms with Gasteiger partial charge in [0.05, 0.1) is 0 Å². The molecule has 0 bridgehead atoms. The van der Waals surface area contributed by atoms with E-state index in [0.29, 0.717) is 5.88 Å². The maximum Gasteiger partial charge on any atom is 0.324 e. The zero-order valence-corrected chi connectivity index (χ0v) is 7.67. The molecule has 76 valence electrons. The number of hydrogen-bond donors (Lipinski definition) is 2. The van der Waals surface area contributed by atoms with Crippen molar-refractivity contribution in [2.45, 2.75) is 13.0 Å². The number of aromatic nitrogens is 2. The third-order valence-electron chi connectivity index (χ3n) is 1.51. The number of nitrogens with zero attached hydrogens (tertiary/aromatic N) is 2. The lowest BCUT2D eigenvalue weighted by Crippen LogP contribution is -2.36. The van der Waals surface area contributed by atoms with Crippen LogP contribution in [0.3, 0.4) is 0 Å². The molecule has 0 amide bonds. The lowest BCUT2D eigenvalue weighted by molar-refractivity contribution is -0.139. The molecule has 0 aromatic carbocycles. The molecule has 0 aliphatic rings. The summed E-state index contributed by atoms with van der Waals surface area (Å²) in [5.41, 5.74) is 5.98. The third-order valence-corrected chi connectivity index (χ3v) is 1.51. The number of ether oxygens (including phenoxy) is 1. The van der Waals surface area contributed by atoms with E-state index in [0.717, 1.165) is 5.69 Å². The van der Waals surface area contributed by atoms with Gasteiger partial charge in [0.2, 0.25) is 5.88 Å². The Kier molecular flexibility index (Phi) is 3.35. The van der Waals surface area contributed by atoms with Crippen molar-refractivity contribution in [3.8, 4) is 5.88 Å². The van der Waals surface area contributed by atoms with Crippen molar-refractivity contribution in [2.24, 2.45) is 5.73 Å². The van der Waals surface area contributed by atoms with Crippen LogP contribution in [0.5, 0.6) is 5.88 Å². The van der Waals surface area contributed by atoms with E-state index in [4.69, 9.17) is 15.6 Å². The van der Waals surface area contributed by atoms with Gasteiger partial charge in [0.15, 0.2) is 0 Å². The largest absolute Gasteiger partial charge is 0.480 e. The summed E-state index contributed by atoms with van der Waals surface area (Å²) in [6.45, 7) is 1.68. The predicted octanol–water partition coefficient (Wildman–Crippen LogP) is -0.424. The molecular formula is C8H11N3O3. The van der Waals surface area contributed by atoms with E-state index in [1.165, 1.54) is 6.33 Å². The van der Waals surface area contributed by atoms with E-state index in [9.17, 15) is 4.79 Å². The van der Waals surface area contributed by atoms with Crippen LogP contribution in [-0.4, -0.2) is 33.7 Å². The number of carboxylic acid groups (broad SMARTS) is 1. The summed E-state index contributed by atoms with van der Waals surface area (Å²) in [5, 5.41) is 8.48. The second-order valence-electron chi connectivity index (χ2n) is 2.75. The van der Waals surface area contributed by atoms with Gasteiger partial charge in [0, 0.05) is 11.8 Å². The van der Waals surface area contributed by atoms with Crippen molar-refractivity contribution in [3.05, 3.63) is 18.1 Å². The number of nitrogens with two attached hydrogens (primary N) is 1. The first kappa shape index (κ1) is 10.4. The van der Waals surface area contributed by atoms with Gasteiger partial charge in [-0.25, -0.2) is 9.97 Å². The van der Waals surface area contributed by atoms with Crippen LogP contribution in [0.25, 0.3) is 0 Å². The van der Waals surface area contributed by atoms with E-state index < -0.39 is 12.0 Å². The Bertz CT molecular complexity index is 329. The van der Waals surface area contributed by atoms with Crippen LogP contribution in [0.2, 0.25) is 0 Å². The van der Waals surface area contributed by atoms with E-state index in [-0.39, 0.29) is 6.61 Å². The minimum atomic E-state index is -1.10. The monoisotopic (exact) mass is 197 g/mol. The van der Waals surface area contributed by atoms with Gasteiger partial charge in [-0.05, 0) is 6.92 Å². The molecule has 6 heteroatoms. The van der Waals surface area contributed by atoms with Gasteiger partial charge in [0.25, 0.3) is 0 Å². The average Bonchev–Trinajstić information content (AvgIpc) is 2.14. The summed E-state index contributed by atoms with van der Waals surface area (Å²) in [6, 6.07) is 0.569. The Balaban J connectivity index is 2.49. The number of aliphatic carboxylic acids is 1. The fraction of sp³-hybridized carbons (Fsp3) is 0.375. The fourth-order valence-corrected chi connectivity index (χ4v) is 0.755. The first-order valence-electron chi connectivity index (χ1n) is 3.99. The summed E-state index contributed by atoms with van der Waals surface area (Å²) in [7, 11) is 0. The molecule has 1 heterocycles. The standard InChI is InChI=1S/C8H11N3O3/c1-5-2-7(11-4-10-5)14-3-6(9)8(12)13/h2,4,6H,3,9H2,1H3,(H,12,13). The van der Waals surface area contributed by atoms with Crippen LogP contribution < -0.4 is 10.5 Å². The summed E-state index contributed by atoms with van der Waals surface area (Å²) >= 11 is 0. The van der Waals surface area contributed by atoms with E-state index in [1.54, 1.807) is 13.0 Å². The minimum Gasteiger partial charge on any atom is -0.480 e. The fourth-order valence-electron chi connectivity index (χ4n) is 0.755. The molecule has 0 aliphatic carbocycles. The molecule has 6 nitrogen and oxygen atoms in total. The smallest absolute Gasteiger partial charge is 0.324 e. The van der Waals surface area contributed by atoms with Crippen LogP contribution in [-0.2, 0) is 4.79 Å². The average molecular weight is 197 g/mol. The highest BCUT2D eigenvalue weighted by Crippen LogP contribution is 2.05. The van der Waals surface area contributed by atoms with Crippen molar-refractivity contribution in [1.82, 2.24) is 9.97 Å². The second-order valence-corrected chi connectivity index (χ2v) is 2.75. The van der Waals surface area contributed by atoms with Crippen LogP contribution in [0, 0.1) is 6.92 Å². The van der Waals surface area contributed by atoms with Crippen LogP contribution >= 0.6 is 0 Å². The molecule has 1 atom stereocenters. The van der Waals surface area contributed by atoms with Gasteiger partial charge in [-0.2, -0.15) is 0 Å². The van der Waals surface area contributed by atoms with E-state index in [1.807, 2.05) is 0 Å². The van der Waals surface area contributed by atoms with Gasteiger partial charge in [0.1, 0.15) is 19.0 Å². The summed E-state index contributed by atoms with van der Waals surface area (Å²) < 4.78 is 5.05. The second kappa shape index (κ2) is 4.52. The van der Waals surface area contributed by atoms with Crippen molar-refractivity contribution in [3.63, 3.8) is 0 Å². The first-order valence-corrected chi connectivity index (χ1v) is 3.99. The van der Waals surface area contributed by atoms with Gasteiger partial charge in [-0.1, -0.05) is 0 Å². The molecule has 0 saturated carbocycles. The Labute approximate surface area is 80.7 Å². The minimum absolute atomic E-state index is 0.105. The summed E-state index contributed by atoms with van der Waals surface area (Å²) in [5.74, 6) is -0.773. The van der Waals surface area contributed by atoms with Crippen molar-refractivity contribution < 1.29 is 14.6 Å². The molecular weight excluding hydrogens is 186 g/mol. The van der Waals surface area contributed by atoms with Gasteiger partial charge in [-0.3, -0.25) is 4.79 Å². The van der Waals surface area contributed by atoms with Gasteiger partial charge < -0.3 is 15.6 Å². The Morgan fingerprint density at radius 1 is 1.71 bits per heavy atom. The lowest BCUT2D eigenvalue weighted by atomic mass is 10.3. The molecule has 1 aromatic heterocycles. The quantitative estimate of drug-likeness (QED) is 0.680. The van der Waals surface area contributed by atoms with Crippen molar-refractivity contribution in [1.29, 1.82) is 0 Å². The lowest BCUT2D eigenvalue weighted by Gasteiger charge is -2.07. The summed E-state index contributed by atoms with van der Waals surface area (Å²) in [6.07, 6.45) is 1.34.